The fourth-order valence-electron chi connectivity index (χ4n) is 2.44. The van der Waals surface area contributed by atoms with Gasteiger partial charge in [0.15, 0.2) is 0 Å². The van der Waals surface area contributed by atoms with Gasteiger partial charge in [0.25, 0.3) is 0 Å². The molecule has 1 aliphatic heterocycles. The average Bonchev–Trinajstić information content (AvgIpc) is 2.14. The largest absolute Gasteiger partial charge is 0.0887 e. The first-order valence-electron chi connectivity index (χ1n) is 6.36. The van der Waals surface area contributed by atoms with E-state index in [4.69, 9.17) is 0 Å². The topological polar surface area (TPSA) is 0 Å². The van der Waals surface area contributed by atoms with E-state index in [-0.39, 0.29) is 8.80 Å². The summed E-state index contributed by atoms with van der Waals surface area (Å²) in [5.41, 5.74) is 2.05. The van der Waals surface area contributed by atoms with Crippen molar-refractivity contribution in [1.82, 2.24) is 0 Å². The summed E-state index contributed by atoms with van der Waals surface area (Å²) in [6.07, 6.45) is 5.45. The van der Waals surface area contributed by atoms with E-state index in [0.717, 1.165) is 5.92 Å². The lowest BCUT2D eigenvalue weighted by Gasteiger charge is -2.36. The highest BCUT2D eigenvalue weighted by molar-refractivity contribution is 6.59. The van der Waals surface area contributed by atoms with Crippen molar-refractivity contribution in [2.24, 2.45) is 11.3 Å². The van der Waals surface area contributed by atoms with Gasteiger partial charge in [-0.25, -0.2) is 0 Å². The van der Waals surface area contributed by atoms with E-state index in [1.807, 2.05) is 0 Å². The van der Waals surface area contributed by atoms with Crippen LogP contribution < -0.4 is 0 Å². The van der Waals surface area contributed by atoms with Crippen molar-refractivity contribution in [3.05, 3.63) is 11.6 Å². The molecule has 0 N–H and O–H groups in total. The predicted molar refractivity (Wildman–Crippen MR) is 71.8 cm³/mol. The first-order chi connectivity index (χ1) is 6.89. The molecule has 0 aromatic rings. The molecule has 0 spiro atoms. The zero-order valence-corrected chi connectivity index (χ0v) is 12.2. The van der Waals surface area contributed by atoms with Gasteiger partial charge in [-0.1, -0.05) is 57.4 Å². The minimum atomic E-state index is -0.0117. The van der Waals surface area contributed by atoms with Gasteiger partial charge in [0, 0.05) is 0 Å². The maximum Gasteiger partial charge on any atom is 0.0519 e. The summed E-state index contributed by atoms with van der Waals surface area (Å²) in [5.74, 6) is 0.984. The number of rotatable bonds is 2. The van der Waals surface area contributed by atoms with Crippen molar-refractivity contribution in [2.75, 3.05) is 0 Å². The molecule has 1 rings (SSSR count). The summed E-state index contributed by atoms with van der Waals surface area (Å²) in [6, 6.07) is 4.52. The Bertz CT molecular complexity index is 210. The Balaban J connectivity index is 2.33. The molecule has 1 saturated heterocycles. The number of allylic oxidation sites excluding steroid dienone is 2. The SMILES string of the molecule is CC(C)=CC[Si]1CCC(C(C)(C)C)CC1. The van der Waals surface area contributed by atoms with Crippen LogP contribution in [0.3, 0.4) is 0 Å². The molecular formula is C14H27Si. The standard InChI is InChI=1S/C14H27Si/c1-12(2)6-9-15-10-7-13(8-11-15)14(3,4)5/h6,13H,7-11H2,1-5H3. The van der Waals surface area contributed by atoms with E-state index >= 15 is 0 Å². The lowest BCUT2D eigenvalue weighted by molar-refractivity contribution is 0.219. The molecule has 1 fully saturated rings. The molecule has 0 aromatic heterocycles. The second-order valence-electron chi connectivity index (χ2n) is 6.38. The Morgan fingerprint density at radius 3 is 2.13 bits per heavy atom. The molecule has 0 aliphatic carbocycles. The average molecular weight is 223 g/mol. The maximum absolute atomic E-state index is 2.46. The van der Waals surface area contributed by atoms with Crippen molar-refractivity contribution in [3.8, 4) is 0 Å². The second kappa shape index (κ2) is 5.34. The zero-order chi connectivity index (χ0) is 11.5. The number of hydrogen-bond donors (Lipinski definition) is 0. The molecule has 0 bridgehead atoms. The molecule has 0 nitrogen and oxygen atoms in total. The third-order valence-corrected chi connectivity index (χ3v) is 6.49. The normalized spacial score (nSPS) is 20.3. The van der Waals surface area contributed by atoms with Gasteiger partial charge >= 0.3 is 0 Å². The molecule has 1 radical (unpaired) electrons. The van der Waals surface area contributed by atoms with Gasteiger partial charge in [-0.3, -0.25) is 0 Å². The monoisotopic (exact) mass is 223 g/mol. The first kappa shape index (κ1) is 13.0. The highest BCUT2D eigenvalue weighted by Crippen LogP contribution is 2.38. The van der Waals surface area contributed by atoms with Crippen molar-refractivity contribution in [2.45, 2.75) is 65.6 Å². The van der Waals surface area contributed by atoms with E-state index in [1.165, 1.54) is 24.5 Å². The molecule has 87 valence electrons. The Labute approximate surface area is 97.8 Å². The summed E-state index contributed by atoms with van der Waals surface area (Å²) >= 11 is 0. The minimum Gasteiger partial charge on any atom is -0.0887 e. The van der Waals surface area contributed by atoms with Crippen molar-refractivity contribution in [3.63, 3.8) is 0 Å². The third kappa shape index (κ3) is 4.54. The van der Waals surface area contributed by atoms with Crippen LogP contribution in [-0.4, -0.2) is 8.80 Å². The molecule has 1 heterocycles. The molecule has 0 unspecified atom stereocenters. The van der Waals surface area contributed by atoms with E-state index < -0.39 is 0 Å². The summed E-state index contributed by atoms with van der Waals surface area (Å²) in [5, 5.41) is 0. The summed E-state index contributed by atoms with van der Waals surface area (Å²) < 4.78 is 0. The molecule has 15 heavy (non-hydrogen) atoms. The quantitative estimate of drug-likeness (QED) is 0.461. The van der Waals surface area contributed by atoms with E-state index in [0.29, 0.717) is 5.41 Å². The van der Waals surface area contributed by atoms with Crippen LogP contribution in [0.15, 0.2) is 11.6 Å². The predicted octanol–water partition coefficient (Wildman–Crippen LogP) is 4.90. The summed E-state index contributed by atoms with van der Waals surface area (Å²) in [7, 11) is -0.0117. The molecule has 1 aliphatic rings. The van der Waals surface area contributed by atoms with Gasteiger partial charge < -0.3 is 0 Å². The molecule has 0 amide bonds. The second-order valence-corrected chi connectivity index (χ2v) is 9.28. The van der Waals surface area contributed by atoms with Crippen LogP contribution in [0, 0.1) is 11.3 Å². The van der Waals surface area contributed by atoms with E-state index in [9.17, 15) is 0 Å². The van der Waals surface area contributed by atoms with Crippen LogP contribution in [-0.2, 0) is 0 Å². The van der Waals surface area contributed by atoms with Gasteiger partial charge in [0.2, 0.25) is 0 Å². The first-order valence-corrected chi connectivity index (χ1v) is 8.48. The Hall–Kier alpha value is -0.0431. The Kier molecular flexibility index (Phi) is 4.63. The molecular weight excluding hydrogens is 196 g/mol. The van der Waals surface area contributed by atoms with Crippen LogP contribution >= 0.6 is 0 Å². The highest BCUT2D eigenvalue weighted by Gasteiger charge is 2.29. The van der Waals surface area contributed by atoms with Crippen LogP contribution in [0.4, 0.5) is 0 Å². The fourth-order valence-corrected chi connectivity index (χ4v) is 5.31. The van der Waals surface area contributed by atoms with Crippen LogP contribution in [0.5, 0.6) is 0 Å². The molecule has 1 heteroatoms. The minimum absolute atomic E-state index is 0.0117. The molecule has 0 atom stereocenters. The Morgan fingerprint density at radius 1 is 1.20 bits per heavy atom. The maximum atomic E-state index is 2.46. The van der Waals surface area contributed by atoms with Crippen LogP contribution in [0.1, 0.15) is 47.5 Å². The van der Waals surface area contributed by atoms with Crippen molar-refractivity contribution < 1.29 is 0 Å². The summed E-state index contributed by atoms with van der Waals surface area (Å²) in [6.45, 7) is 11.7. The van der Waals surface area contributed by atoms with Crippen LogP contribution in [0.25, 0.3) is 0 Å². The van der Waals surface area contributed by atoms with E-state index in [2.05, 4.69) is 40.7 Å². The van der Waals surface area contributed by atoms with Gasteiger partial charge in [0.1, 0.15) is 0 Å². The lowest BCUT2D eigenvalue weighted by atomic mass is 9.77. The summed E-state index contributed by atoms with van der Waals surface area (Å²) in [4.78, 5) is 0. The Morgan fingerprint density at radius 2 is 1.73 bits per heavy atom. The van der Waals surface area contributed by atoms with Crippen LogP contribution in [0.2, 0.25) is 18.1 Å². The smallest absolute Gasteiger partial charge is 0.0519 e. The van der Waals surface area contributed by atoms with Gasteiger partial charge in [-0.2, -0.15) is 0 Å². The van der Waals surface area contributed by atoms with Crippen molar-refractivity contribution in [1.29, 1.82) is 0 Å². The van der Waals surface area contributed by atoms with Gasteiger partial charge in [-0.15, -0.1) is 0 Å². The van der Waals surface area contributed by atoms with E-state index in [1.54, 1.807) is 12.1 Å². The van der Waals surface area contributed by atoms with Crippen molar-refractivity contribution >= 4 is 8.80 Å². The van der Waals surface area contributed by atoms with Gasteiger partial charge in [0.05, 0.1) is 8.80 Å². The lowest BCUT2D eigenvalue weighted by Crippen LogP contribution is -2.28. The third-order valence-electron chi connectivity index (χ3n) is 3.72. The number of hydrogen-bond acceptors (Lipinski definition) is 0. The van der Waals surface area contributed by atoms with Gasteiger partial charge in [-0.05, 0) is 31.2 Å². The molecule has 0 saturated carbocycles. The zero-order valence-electron chi connectivity index (χ0n) is 11.2. The highest BCUT2D eigenvalue weighted by atomic mass is 28.3. The fraction of sp³-hybridized carbons (Fsp3) is 0.857. The molecule has 0 aromatic carbocycles.